The number of hydrogen-bond donors (Lipinski definition) is 1. The van der Waals surface area contributed by atoms with Crippen molar-refractivity contribution in [1.82, 2.24) is 24.3 Å². The largest absolute Gasteiger partial charge is 0.494 e. The number of nitrogens with zero attached hydrogens (tertiary/aromatic N) is 5. The Kier molecular flexibility index (Phi) is 5.11. The minimum Gasteiger partial charge on any atom is -0.494 e. The highest BCUT2D eigenvalue weighted by atomic mass is 19.3. The molecule has 0 amide bonds. The topological polar surface area (TPSA) is 78.0 Å². The number of rotatable bonds is 6. The zero-order chi connectivity index (χ0) is 21.4. The van der Waals surface area contributed by atoms with Crippen LogP contribution in [0.5, 0.6) is 11.6 Å². The van der Waals surface area contributed by atoms with Gasteiger partial charge in [0, 0.05) is 30.6 Å². The predicted molar refractivity (Wildman–Crippen MR) is 108 cm³/mol. The number of halogens is 2. The SMILES string of the molecule is CCn1ccc(-n2c(C)c3nc(-c4cncc(OCC(F)F)c4)cc(C)c3c2O)n1. The van der Waals surface area contributed by atoms with Gasteiger partial charge in [0.15, 0.2) is 5.82 Å². The van der Waals surface area contributed by atoms with Gasteiger partial charge < -0.3 is 9.84 Å². The molecule has 0 saturated carbocycles. The Balaban J connectivity index is 1.81. The summed E-state index contributed by atoms with van der Waals surface area (Å²) in [5, 5.41) is 16.0. The third-order valence-corrected chi connectivity index (χ3v) is 4.89. The van der Waals surface area contributed by atoms with Crippen LogP contribution in [0.15, 0.2) is 36.8 Å². The van der Waals surface area contributed by atoms with E-state index in [4.69, 9.17) is 9.72 Å². The van der Waals surface area contributed by atoms with Gasteiger partial charge in [-0.05, 0) is 38.5 Å². The number of pyridine rings is 2. The van der Waals surface area contributed by atoms with E-state index in [0.717, 1.165) is 17.8 Å². The van der Waals surface area contributed by atoms with Gasteiger partial charge in [-0.2, -0.15) is 5.10 Å². The van der Waals surface area contributed by atoms with Gasteiger partial charge in [-0.25, -0.2) is 13.8 Å². The van der Waals surface area contributed by atoms with Crippen LogP contribution >= 0.6 is 0 Å². The van der Waals surface area contributed by atoms with Crippen LogP contribution < -0.4 is 4.74 Å². The number of hydrogen-bond acceptors (Lipinski definition) is 5. The number of alkyl halides is 2. The lowest BCUT2D eigenvalue weighted by atomic mass is 10.1. The number of aryl methyl sites for hydroxylation is 3. The monoisotopic (exact) mass is 413 g/mol. The minimum absolute atomic E-state index is 0.0764. The highest BCUT2D eigenvalue weighted by Crippen LogP contribution is 2.36. The standard InChI is InChI=1S/C21H21F2N5O2/c1-4-27-6-5-18(26-27)28-13(3)20-19(21(28)29)12(2)7-16(25-20)14-8-15(10-24-9-14)30-11-17(22)23/h5-10,17,29H,4,11H2,1-3H3. The second-order valence-corrected chi connectivity index (χ2v) is 6.93. The zero-order valence-electron chi connectivity index (χ0n) is 16.8. The maximum atomic E-state index is 12.4. The normalized spacial score (nSPS) is 11.5. The van der Waals surface area contributed by atoms with Crippen molar-refractivity contribution in [1.29, 1.82) is 0 Å². The molecule has 0 fully saturated rings. The van der Waals surface area contributed by atoms with E-state index in [2.05, 4.69) is 10.1 Å². The molecule has 156 valence electrons. The molecular weight excluding hydrogens is 392 g/mol. The summed E-state index contributed by atoms with van der Waals surface area (Å²) in [6, 6.07) is 5.28. The van der Waals surface area contributed by atoms with Crippen LogP contribution in [0.2, 0.25) is 0 Å². The second kappa shape index (κ2) is 7.74. The van der Waals surface area contributed by atoms with Gasteiger partial charge >= 0.3 is 0 Å². The highest BCUT2D eigenvalue weighted by molar-refractivity contribution is 5.93. The molecule has 0 aliphatic heterocycles. The lowest BCUT2D eigenvalue weighted by molar-refractivity contribution is 0.0817. The van der Waals surface area contributed by atoms with E-state index in [-0.39, 0.29) is 11.6 Å². The molecule has 0 aromatic carbocycles. The molecule has 4 rings (SSSR count). The Morgan fingerprint density at radius 2 is 2.00 bits per heavy atom. The van der Waals surface area contributed by atoms with Crippen molar-refractivity contribution in [2.75, 3.05) is 6.61 Å². The fourth-order valence-electron chi connectivity index (χ4n) is 3.46. The molecule has 4 aromatic heterocycles. The van der Waals surface area contributed by atoms with Crippen LogP contribution in [-0.4, -0.2) is 42.5 Å². The number of aromatic hydroxyl groups is 1. The fourth-order valence-corrected chi connectivity index (χ4v) is 3.46. The van der Waals surface area contributed by atoms with Gasteiger partial charge in [0.2, 0.25) is 5.88 Å². The van der Waals surface area contributed by atoms with Gasteiger partial charge in [0.05, 0.1) is 28.5 Å². The lowest BCUT2D eigenvalue weighted by Gasteiger charge is -2.08. The molecule has 0 radical (unpaired) electrons. The van der Waals surface area contributed by atoms with E-state index in [1.54, 1.807) is 21.5 Å². The van der Waals surface area contributed by atoms with Crippen LogP contribution in [-0.2, 0) is 6.54 Å². The zero-order valence-corrected chi connectivity index (χ0v) is 16.8. The van der Waals surface area contributed by atoms with Crippen LogP contribution in [0.1, 0.15) is 18.2 Å². The number of fused-ring (bicyclic) bond motifs is 1. The quantitative estimate of drug-likeness (QED) is 0.511. The van der Waals surface area contributed by atoms with Crippen LogP contribution in [0.3, 0.4) is 0 Å². The molecule has 7 nitrogen and oxygen atoms in total. The third kappa shape index (κ3) is 3.47. The van der Waals surface area contributed by atoms with Crippen molar-refractivity contribution in [2.45, 2.75) is 33.7 Å². The van der Waals surface area contributed by atoms with E-state index >= 15 is 0 Å². The highest BCUT2D eigenvalue weighted by Gasteiger charge is 2.20. The van der Waals surface area contributed by atoms with Crippen LogP contribution in [0.25, 0.3) is 28.0 Å². The van der Waals surface area contributed by atoms with E-state index in [1.807, 2.05) is 39.1 Å². The van der Waals surface area contributed by atoms with Gasteiger partial charge in [0.1, 0.15) is 12.4 Å². The average molecular weight is 413 g/mol. The molecule has 0 aliphatic rings. The first-order chi connectivity index (χ1) is 14.4. The van der Waals surface area contributed by atoms with Crippen molar-refractivity contribution in [3.8, 4) is 28.7 Å². The average Bonchev–Trinajstić information content (AvgIpc) is 3.29. The summed E-state index contributed by atoms with van der Waals surface area (Å²) in [5.41, 5.74) is 3.44. The molecular formula is C21H21F2N5O2. The van der Waals surface area contributed by atoms with E-state index < -0.39 is 13.0 Å². The Morgan fingerprint density at radius 3 is 2.70 bits per heavy atom. The Hall–Kier alpha value is -3.49. The van der Waals surface area contributed by atoms with Crippen molar-refractivity contribution >= 4 is 10.9 Å². The van der Waals surface area contributed by atoms with Gasteiger partial charge in [-0.1, -0.05) is 0 Å². The van der Waals surface area contributed by atoms with E-state index in [1.165, 1.54) is 6.20 Å². The summed E-state index contributed by atoms with van der Waals surface area (Å²) in [4.78, 5) is 8.79. The maximum Gasteiger partial charge on any atom is 0.272 e. The summed E-state index contributed by atoms with van der Waals surface area (Å²) in [6.45, 7) is 5.76. The molecule has 30 heavy (non-hydrogen) atoms. The van der Waals surface area contributed by atoms with E-state index in [9.17, 15) is 13.9 Å². The first kappa shape index (κ1) is 19.8. The van der Waals surface area contributed by atoms with Crippen molar-refractivity contribution in [3.63, 3.8) is 0 Å². The Bertz CT molecular complexity index is 1220. The first-order valence-electron chi connectivity index (χ1n) is 9.50. The van der Waals surface area contributed by atoms with Gasteiger partial charge in [-0.15, -0.1) is 0 Å². The molecule has 9 heteroatoms. The van der Waals surface area contributed by atoms with Crippen molar-refractivity contribution < 1.29 is 18.6 Å². The molecule has 4 heterocycles. The summed E-state index contributed by atoms with van der Waals surface area (Å²) < 4.78 is 33.4. The van der Waals surface area contributed by atoms with E-state index in [0.29, 0.717) is 28.0 Å². The van der Waals surface area contributed by atoms with Crippen molar-refractivity contribution in [2.24, 2.45) is 0 Å². The predicted octanol–water partition coefficient (Wildman–Crippen LogP) is 4.27. The molecule has 0 saturated heterocycles. The molecule has 4 aromatic rings. The van der Waals surface area contributed by atoms with Crippen LogP contribution in [0, 0.1) is 13.8 Å². The summed E-state index contributed by atoms with van der Waals surface area (Å²) in [6.07, 6.45) is 2.26. The third-order valence-electron chi connectivity index (χ3n) is 4.89. The molecule has 1 N–H and O–H groups in total. The molecule has 0 unspecified atom stereocenters. The maximum absolute atomic E-state index is 12.4. The van der Waals surface area contributed by atoms with Gasteiger partial charge in [0.25, 0.3) is 6.43 Å². The van der Waals surface area contributed by atoms with Gasteiger partial charge in [-0.3, -0.25) is 14.2 Å². The Labute approximate surface area is 171 Å². The molecule has 0 bridgehead atoms. The summed E-state index contributed by atoms with van der Waals surface area (Å²) >= 11 is 0. The second-order valence-electron chi connectivity index (χ2n) is 6.93. The van der Waals surface area contributed by atoms with Crippen LogP contribution in [0.4, 0.5) is 8.78 Å². The number of aromatic nitrogens is 5. The minimum atomic E-state index is -2.56. The smallest absolute Gasteiger partial charge is 0.272 e. The summed E-state index contributed by atoms with van der Waals surface area (Å²) in [7, 11) is 0. The number of ether oxygens (including phenoxy) is 1. The lowest BCUT2D eigenvalue weighted by Crippen LogP contribution is -2.07. The first-order valence-corrected chi connectivity index (χ1v) is 9.50. The van der Waals surface area contributed by atoms with Crippen molar-refractivity contribution in [3.05, 3.63) is 48.0 Å². The summed E-state index contributed by atoms with van der Waals surface area (Å²) in [5.74, 6) is 0.928. The molecule has 0 spiro atoms. The fraction of sp³-hybridized carbons (Fsp3) is 0.286. The molecule has 0 atom stereocenters. The molecule has 0 aliphatic carbocycles. The Morgan fingerprint density at radius 1 is 1.20 bits per heavy atom.